The Hall–Kier alpha value is -0.910. The molecule has 1 N–H and O–H groups in total. The van der Waals surface area contributed by atoms with Crippen LogP contribution in [-0.2, 0) is 21.3 Å². The number of rotatable bonds is 4. The molecule has 1 saturated carbocycles. The molecular formula is C14H20O4S. The molecule has 5 heteroatoms. The Morgan fingerprint density at radius 2 is 2.05 bits per heavy atom. The Morgan fingerprint density at radius 3 is 2.58 bits per heavy atom. The molecule has 0 radical (unpaired) electrons. The minimum Gasteiger partial charge on any atom is -0.379 e. The first kappa shape index (κ1) is 14.5. The highest BCUT2D eigenvalue weighted by Crippen LogP contribution is 2.42. The molecule has 106 valence electrons. The Balaban J connectivity index is 2.19. The van der Waals surface area contributed by atoms with Crippen molar-refractivity contribution in [3.63, 3.8) is 0 Å². The summed E-state index contributed by atoms with van der Waals surface area (Å²) in [5.41, 5.74) is 1.62. The van der Waals surface area contributed by atoms with Gasteiger partial charge in [-0.2, -0.15) is 8.42 Å². The molecule has 0 aromatic heterocycles. The van der Waals surface area contributed by atoms with Gasteiger partial charge in [0.25, 0.3) is 10.1 Å². The second-order valence-corrected chi connectivity index (χ2v) is 7.11. The predicted molar refractivity (Wildman–Crippen MR) is 72.8 cm³/mol. The Morgan fingerprint density at radius 1 is 1.42 bits per heavy atom. The normalized spacial score (nSPS) is 27.1. The average molecular weight is 284 g/mol. The summed E-state index contributed by atoms with van der Waals surface area (Å²) in [6.45, 7) is 3.97. The molecule has 0 aliphatic heterocycles. The molecule has 1 fully saturated rings. The van der Waals surface area contributed by atoms with E-state index in [9.17, 15) is 13.0 Å². The van der Waals surface area contributed by atoms with Gasteiger partial charge in [0, 0.05) is 7.11 Å². The van der Waals surface area contributed by atoms with E-state index in [2.05, 4.69) is 6.92 Å². The lowest BCUT2D eigenvalue weighted by Gasteiger charge is -2.44. The van der Waals surface area contributed by atoms with Gasteiger partial charge in [-0.15, -0.1) is 0 Å². The standard InChI is InChI=1S/C14H20O4S/c1-10-4-5-13(19(15,16)17)12(6-10)7-11-8-14(2,9-11)18-3/h4-6,11H,7-9H2,1-3H3,(H,15,16,17). The fourth-order valence-electron chi connectivity index (χ4n) is 2.90. The van der Waals surface area contributed by atoms with E-state index in [0.717, 1.165) is 18.4 Å². The van der Waals surface area contributed by atoms with E-state index in [-0.39, 0.29) is 10.5 Å². The van der Waals surface area contributed by atoms with Crippen molar-refractivity contribution >= 4 is 10.1 Å². The van der Waals surface area contributed by atoms with Crippen molar-refractivity contribution in [2.75, 3.05) is 7.11 Å². The lowest BCUT2D eigenvalue weighted by atomic mass is 9.69. The van der Waals surface area contributed by atoms with E-state index < -0.39 is 10.1 Å². The van der Waals surface area contributed by atoms with Crippen molar-refractivity contribution in [3.8, 4) is 0 Å². The van der Waals surface area contributed by atoms with Crippen molar-refractivity contribution in [2.24, 2.45) is 5.92 Å². The number of benzene rings is 1. The van der Waals surface area contributed by atoms with Gasteiger partial charge in [-0.05, 0) is 50.7 Å². The summed E-state index contributed by atoms with van der Waals surface area (Å²) >= 11 is 0. The topological polar surface area (TPSA) is 63.6 Å². The molecule has 0 heterocycles. The van der Waals surface area contributed by atoms with Crippen LogP contribution in [0.3, 0.4) is 0 Å². The number of aryl methyl sites for hydroxylation is 1. The summed E-state index contributed by atoms with van der Waals surface area (Å²) in [5.74, 6) is 0.409. The van der Waals surface area contributed by atoms with E-state index in [1.54, 1.807) is 13.2 Å². The first-order valence-electron chi connectivity index (χ1n) is 6.36. The zero-order valence-corrected chi connectivity index (χ0v) is 12.3. The van der Waals surface area contributed by atoms with Crippen molar-refractivity contribution in [1.29, 1.82) is 0 Å². The molecule has 19 heavy (non-hydrogen) atoms. The molecule has 1 aromatic rings. The zero-order chi connectivity index (χ0) is 14.3. The highest BCUT2D eigenvalue weighted by molar-refractivity contribution is 7.85. The monoisotopic (exact) mass is 284 g/mol. The van der Waals surface area contributed by atoms with E-state index in [1.165, 1.54) is 6.07 Å². The summed E-state index contributed by atoms with van der Waals surface area (Å²) in [4.78, 5) is 0.0316. The molecule has 2 rings (SSSR count). The molecule has 0 saturated heterocycles. The van der Waals surface area contributed by atoms with Crippen LogP contribution in [0.25, 0.3) is 0 Å². The zero-order valence-electron chi connectivity index (χ0n) is 11.5. The van der Waals surface area contributed by atoms with Crippen LogP contribution in [0.15, 0.2) is 23.1 Å². The first-order chi connectivity index (χ1) is 8.73. The Bertz CT molecular complexity index is 571. The highest BCUT2D eigenvalue weighted by atomic mass is 32.2. The first-order valence-corrected chi connectivity index (χ1v) is 7.80. The van der Waals surface area contributed by atoms with Gasteiger partial charge in [0.2, 0.25) is 0 Å². The molecule has 1 aliphatic carbocycles. The molecule has 0 spiro atoms. The summed E-state index contributed by atoms with van der Waals surface area (Å²) in [7, 11) is -2.44. The smallest absolute Gasteiger partial charge is 0.294 e. The molecule has 0 bridgehead atoms. The van der Waals surface area contributed by atoms with E-state index in [1.807, 2.05) is 13.0 Å². The second-order valence-electron chi connectivity index (χ2n) is 5.72. The van der Waals surface area contributed by atoms with E-state index >= 15 is 0 Å². The quantitative estimate of drug-likeness (QED) is 0.863. The van der Waals surface area contributed by atoms with Gasteiger partial charge >= 0.3 is 0 Å². The van der Waals surface area contributed by atoms with Crippen LogP contribution in [0, 0.1) is 12.8 Å². The van der Waals surface area contributed by atoms with Crippen LogP contribution >= 0.6 is 0 Å². The lowest BCUT2D eigenvalue weighted by molar-refractivity contribution is -0.0899. The third kappa shape index (κ3) is 3.16. The van der Waals surface area contributed by atoms with Gasteiger partial charge in [0.1, 0.15) is 0 Å². The molecule has 0 unspecified atom stereocenters. The third-order valence-electron chi connectivity index (χ3n) is 3.94. The maximum Gasteiger partial charge on any atom is 0.294 e. The molecule has 1 aliphatic rings. The maximum absolute atomic E-state index is 11.4. The van der Waals surface area contributed by atoms with Crippen LogP contribution in [0.4, 0.5) is 0 Å². The Labute approximate surface area is 114 Å². The minimum atomic E-state index is -4.15. The number of ether oxygens (including phenoxy) is 1. The third-order valence-corrected chi connectivity index (χ3v) is 4.89. The molecule has 1 aromatic carbocycles. The predicted octanol–water partition coefficient (Wildman–Crippen LogP) is 2.60. The van der Waals surface area contributed by atoms with Gasteiger partial charge in [0.15, 0.2) is 0 Å². The molecular weight excluding hydrogens is 264 g/mol. The van der Waals surface area contributed by atoms with Gasteiger partial charge in [-0.3, -0.25) is 4.55 Å². The van der Waals surface area contributed by atoms with Crippen LogP contribution in [0.5, 0.6) is 0 Å². The van der Waals surface area contributed by atoms with Gasteiger partial charge in [-0.1, -0.05) is 17.7 Å². The lowest BCUT2D eigenvalue weighted by Crippen LogP contribution is -2.43. The largest absolute Gasteiger partial charge is 0.379 e. The van der Waals surface area contributed by atoms with Crippen molar-refractivity contribution in [3.05, 3.63) is 29.3 Å². The molecule has 0 amide bonds. The minimum absolute atomic E-state index is 0.0316. The fraction of sp³-hybridized carbons (Fsp3) is 0.571. The van der Waals surface area contributed by atoms with Crippen LogP contribution in [0.2, 0.25) is 0 Å². The number of hydrogen-bond acceptors (Lipinski definition) is 3. The van der Waals surface area contributed by atoms with Gasteiger partial charge in [0.05, 0.1) is 10.5 Å². The summed E-state index contributed by atoms with van der Waals surface area (Å²) in [6.07, 6.45) is 2.50. The second kappa shape index (κ2) is 4.89. The van der Waals surface area contributed by atoms with Crippen molar-refractivity contribution < 1.29 is 17.7 Å². The van der Waals surface area contributed by atoms with Crippen LogP contribution in [-0.4, -0.2) is 25.7 Å². The van der Waals surface area contributed by atoms with E-state index in [4.69, 9.17) is 4.74 Å². The SMILES string of the molecule is COC1(C)CC(Cc2cc(C)ccc2S(=O)(=O)O)C1. The van der Waals surface area contributed by atoms with Gasteiger partial charge < -0.3 is 4.74 Å². The number of methoxy groups -OCH3 is 1. The molecule has 4 nitrogen and oxygen atoms in total. The summed E-state index contributed by atoms with van der Waals surface area (Å²) < 4.78 is 37.4. The Kier molecular flexibility index (Phi) is 3.73. The van der Waals surface area contributed by atoms with Crippen LogP contribution < -0.4 is 0 Å². The van der Waals surface area contributed by atoms with Crippen molar-refractivity contribution in [1.82, 2.24) is 0 Å². The average Bonchev–Trinajstić information content (AvgIpc) is 2.25. The van der Waals surface area contributed by atoms with Crippen molar-refractivity contribution in [2.45, 2.75) is 43.6 Å². The van der Waals surface area contributed by atoms with Gasteiger partial charge in [-0.25, -0.2) is 0 Å². The number of hydrogen-bond donors (Lipinski definition) is 1. The van der Waals surface area contributed by atoms with E-state index in [0.29, 0.717) is 17.9 Å². The summed E-state index contributed by atoms with van der Waals surface area (Å²) in [5, 5.41) is 0. The fourth-order valence-corrected chi connectivity index (χ4v) is 3.62. The highest BCUT2D eigenvalue weighted by Gasteiger charge is 2.40. The maximum atomic E-state index is 11.4. The molecule has 0 atom stereocenters. The summed E-state index contributed by atoms with van der Waals surface area (Å²) in [6, 6.07) is 5.02. The van der Waals surface area contributed by atoms with Crippen LogP contribution in [0.1, 0.15) is 30.9 Å².